The van der Waals surface area contributed by atoms with E-state index in [-0.39, 0.29) is 36.1 Å². The predicted molar refractivity (Wildman–Crippen MR) is 125 cm³/mol. The first kappa shape index (κ1) is 24.4. The highest BCUT2D eigenvalue weighted by Crippen LogP contribution is 2.44. The summed E-state index contributed by atoms with van der Waals surface area (Å²) in [6.45, 7) is 2.18. The van der Waals surface area contributed by atoms with Crippen molar-refractivity contribution in [2.24, 2.45) is 5.73 Å². The zero-order valence-electron chi connectivity index (χ0n) is 17.6. The van der Waals surface area contributed by atoms with Gasteiger partial charge in [-0.25, -0.2) is 9.97 Å². The Kier molecular flexibility index (Phi) is 8.08. The molecule has 2 aliphatic rings. The first-order chi connectivity index (χ1) is 13.5. The Morgan fingerprint density at radius 2 is 1.93 bits per heavy atom. The van der Waals surface area contributed by atoms with Gasteiger partial charge in [0.1, 0.15) is 0 Å². The van der Waals surface area contributed by atoms with E-state index in [1.807, 2.05) is 54.4 Å². The number of aryl methyl sites for hydroxylation is 1. The van der Waals surface area contributed by atoms with Crippen molar-refractivity contribution >= 4 is 36.7 Å². The van der Waals surface area contributed by atoms with Crippen LogP contribution in [0.25, 0.3) is 0 Å². The Morgan fingerprint density at radius 3 is 2.60 bits per heavy atom. The normalized spacial score (nSPS) is 19.6. The molecule has 164 valence electrons. The van der Waals surface area contributed by atoms with E-state index in [9.17, 15) is 4.79 Å². The summed E-state index contributed by atoms with van der Waals surface area (Å²) in [6.07, 6.45) is 6.96. The smallest absolute Gasteiger partial charge is 0.253 e. The van der Waals surface area contributed by atoms with E-state index in [1.165, 1.54) is 11.1 Å². The van der Waals surface area contributed by atoms with Gasteiger partial charge in [0.2, 0.25) is 5.95 Å². The number of rotatable bonds is 4. The molecule has 0 bridgehead atoms. The van der Waals surface area contributed by atoms with Crippen molar-refractivity contribution in [3.8, 4) is 0 Å². The summed E-state index contributed by atoms with van der Waals surface area (Å²) in [5.41, 5.74) is 9.92. The van der Waals surface area contributed by atoms with Gasteiger partial charge in [-0.3, -0.25) is 4.79 Å². The molecule has 1 amide bonds. The number of fused-ring (bicyclic) bond motifs is 2. The predicted octanol–water partition coefficient (Wildman–Crippen LogP) is 3.01. The van der Waals surface area contributed by atoms with Gasteiger partial charge in [-0.15, -0.1) is 24.8 Å². The van der Waals surface area contributed by atoms with Gasteiger partial charge in [-0.05, 0) is 61.9 Å². The summed E-state index contributed by atoms with van der Waals surface area (Å²) in [6, 6.07) is 7.90. The molecule has 1 spiro atoms. The first-order valence-electron chi connectivity index (χ1n) is 10.1. The third-order valence-corrected chi connectivity index (χ3v) is 6.13. The lowest BCUT2D eigenvalue weighted by Crippen LogP contribution is -2.48. The number of nitrogens with two attached hydrogens (primary N) is 1. The van der Waals surface area contributed by atoms with Crippen molar-refractivity contribution < 1.29 is 4.79 Å². The van der Waals surface area contributed by atoms with Crippen LogP contribution in [0.5, 0.6) is 0 Å². The monoisotopic (exact) mass is 451 g/mol. The molecule has 30 heavy (non-hydrogen) atoms. The van der Waals surface area contributed by atoms with Gasteiger partial charge < -0.3 is 15.5 Å². The number of hydrogen-bond acceptors (Lipinski definition) is 5. The maximum atomic E-state index is 13.2. The van der Waals surface area contributed by atoms with E-state index < -0.39 is 0 Å². The Morgan fingerprint density at radius 1 is 1.20 bits per heavy atom. The van der Waals surface area contributed by atoms with Crippen molar-refractivity contribution in [2.75, 3.05) is 38.6 Å². The van der Waals surface area contributed by atoms with Crippen LogP contribution >= 0.6 is 24.8 Å². The third-order valence-electron chi connectivity index (χ3n) is 6.13. The molecule has 1 fully saturated rings. The fourth-order valence-electron chi connectivity index (χ4n) is 4.61. The molecule has 1 atom stereocenters. The fraction of sp³-hybridized carbons (Fsp3) is 0.500. The highest BCUT2D eigenvalue weighted by molar-refractivity contribution is 5.94. The van der Waals surface area contributed by atoms with E-state index in [2.05, 4.69) is 4.98 Å². The number of amides is 1. The average molecular weight is 452 g/mol. The van der Waals surface area contributed by atoms with Crippen LogP contribution in [-0.4, -0.2) is 54.5 Å². The Bertz CT molecular complexity index is 870. The largest absolute Gasteiger partial charge is 0.347 e. The summed E-state index contributed by atoms with van der Waals surface area (Å²) < 4.78 is 0. The number of benzene rings is 1. The highest BCUT2D eigenvalue weighted by Gasteiger charge is 2.44. The summed E-state index contributed by atoms with van der Waals surface area (Å²) in [5, 5.41) is 0. The molecule has 1 aromatic heterocycles. The van der Waals surface area contributed by atoms with Crippen LogP contribution in [-0.2, 0) is 18.3 Å². The van der Waals surface area contributed by atoms with Gasteiger partial charge in [0.15, 0.2) is 0 Å². The average Bonchev–Trinajstić information content (AvgIpc) is 3.05. The molecule has 2 heterocycles. The SMILES string of the molecule is CN(C)c1ncc2c(n1)C1(CCCN(C(=O)c3ccc(CCN)cc3)C1)CC2.Cl.Cl. The summed E-state index contributed by atoms with van der Waals surface area (Å²) in [7, 11) is 3.93. The van der Waals surface area contributed by atoms with E-state index in [0.29, 0.717) is 6.54 Å². The highest BCUT2D eigenvalue weighted by atomic mass is 35.5. The molecule has 1 aromatic carbocycles. The van der Waals surface area contributed by atoms with Crippen molar-refractivity contribution in [1.29, 1.82) is 0 Å². The standard InChI is InChI=1S/C22H29N5O.2ClH/c1-26(2)21-24-14-18-8-11-22(19(18)25-21)10-3-13-27(15-22)20(28)17-6-4-16(5-7-17)9-12-23;;/h4-7,14H,3,8-13,15,23H2,1-2H3;2*1H. The molecule has 1 aliphatic heterocycles. The maximum absolute atomic E-state index is 13.2. The van der Waals surface area contributed by atoms with Crippen molar-refractivity contribution in [3.63, 3.8) is 0 Å². The van der Waals surface area contributed by atoms with Gasteiger partial charge in [0.05, 0.1) is 5.69 Å². The Labute approximate surface area is 191 Å². The van der Waals surface area contributed by atoms with Gasteiger partial charge in [0.25, 0.3) is 5.91 Å². The number of hydrogen-bond donors (Lipinski definition) is 1. The van der Waals surface area contributed by atoms with Crippen molar-refractivity contribution in [3.05, 3.63) is 52.8 Å². The minimum atomic E-state index is -0.0313. The summed E-state index contributed by atoms with van der Waals surface area (Å²) >= 11 is 0. The number of nitrogens with zero attached hydrogens (tertiary/aromatic N) is 4. The fourth-order valence-corrected chi connectivity index (χ4v) is 4.61. The van der Waals surface area contributed by atoms with E-state index >= 15 is 0 Å². The van der Waals surface area contributed by atoms with Gasteiger partial charge in [-0.1, -0.05) is 12.1 Å². The molecular formula is C22H31Cl2N5O. The summed E-state index contributed by atoms with van der Waals surface area (Å²) in [4.78, 5) is 26.5. The molecule has 1 saturated heterocycles. The van der Waals surface area contributed by atoms with Crippen LogP contribution in [0, 0.1) is 0 Å². The number of halogens is 2. The number of anilines is 1. The lowest BCUT2D eigenvalue weighted by Gasteiger charge is -2.40. The summed E-state index contributed by atoms with van der Waals surface area (Å²) in [5.74, 6) is 0.868. The minimum absolute atomic E-state index is 0. The molecule has 0 saturated carbocycles. The minimum Gasteiger partial charge on any atom is -0.347 e. The zero-order chi connectivity index (χ0) is 19.7. The Hall–Kier alpha value is -1.89. The molecule has 1 unspecified atom stereocenters. The topological polar surface area (TPSA) is 75.4 Å². The van der Waals surface area contributed by atoms with Crippen molar-refractivity contribution in [1.82, 2.24) is 14.9 Å². The van der Waals surface area contributed by atoms with Crippen LogP contribution in [0.1, 0.15) is 46.4 Å². The van der Waals surface area contributed by atoms with Crippen LogP contribution in [0.2, 0.25) is 0 Å². The van der Waals surface area contributed by atoms with Gasteiger partial charge >= 0.3 is 0 Å². The number of piperidine rings is 1. The van der Waals surface area contributed by atoms with Crippen LogP contribution in [0.3, 0.4) is 0 Å². The second-order valence-electron chi connectivity index (χ2n) is 8.28. The molecule has 0 radical (unpaired) electrons. The quantitative estimate of drug-likeness (QED) is 0.772. The zero-order valence-corrected chi connectivity index (χ0v) is 19.3. The molecule has 1 aliphatic carbocycles. The van der Waals surface area contributed by atoms with E-state index in [4.69, 9.17) is 10.7 Å². The lowest BCUT2D eigenvalue weighted by molar-refractivity contribution is 0.0633. The van der Waals surface area contributed by atoms with Crippen LogP contribution in [0.15, 0.2) is 30.5 Å². The maximum Gasteiger partial charge on any atom is 0.253 e. The molecule has 2 aromatic rings. The second-order valence-corrected chi connectivity index (χ2v) is 8.28. The van der Waals surface area contributed by atoms with Gasteiger partial charge in [0, 0.05) is 44.4 Å². The Balaban J connectivity index is 0.00000160. The number of carbonyl (C=O) groups excluding carboxylic acids is 1. The van der Waals surface area contributed by atoms with Crippen molar-refractivity contribution in [2.45, 2.75) is 37.5 Å². The van der Waals surface area contributed by atoms with E-state index in [0.717, 1.165) is 62.4 Å². The number of aromatic nitrogens is 2. The number of carbonyl (C=O) groups is 1. The molecule has 4 rings (SSSR count). The second kappa shape index (κ2) is 9.94. The molecule has 8 heteroatoms. The van der Waals surface area contributed by atoms with Crippen LogP contribution < -0.4 is 10.6 Å². The van der Waals surface area contributed by atoms with Gasteiger partial charge in [-0.2, -0.15) is 0 Å². The molecule has 2 N–H and O–H groups in total. The third kappa shape index (κ3) is 4.56. The number of likely N-dealkylation sites (tertiary alicyclic amines) is 1. The lowest BCUT2D eigenvalue weighted by atomic mass is 9.77. The molecule has 6 nitrogen and oxygen atoms in total. The molecular weight excluding hydrogens is 421 g/mol. The van der Waals surface area contributed by atoms with Crippen LogP contribution in [0.4, 0.5) is 5.95 Å². The van der Waals surface area contributed by atoms with E-state index in [1.54, 1.807) is 0 Å². The first-order valence-corrected chi connectivity index (χ1v) is 10.1.